The highest BCUT2D eigenvalue weighted by molar-refractivity contribution is 5.55. The fraction of sp³-hybridized carbons (Fsp3) is 0.571. The number of hydrogen-bond acceptors (Lipinski definition) is 3. The first-order chi connectivity index (χ1) is 8.28. The van der Waals surface area contributed by atoms with Crippen molar-refractivity contribution in [3.05, 3.63) is 18.2 Å². The van der Waals surface area contributed by atoms with Crippen molar-refractivity contribution in [3.63, 3.8) is 0 Å². The molecule has 0 spiro atoms. The average Bonchev–Trinajstić information content (AvgIpc) is 3.19. The molecule has 1 aromatic carbocycles. The topological polar surface area (TPSA) is 30.5 Å². The molecule has 0 saturated heterocycles. The lowest BCUT2D eigenvalue weighted by atomic mass is 10.1. The Kier molecular flexibility index (Phi) is 3.77. The maximum Gasteiger partial charge on any atom is 0.162 e. The quantitative estimate of drug-likeness (QED) is 0.820. The molecule has 1 atom stereocenters. The summed E-state index contributed by atoms with van der Waals surface area (Å²) in [7, 11) is 3.32. The summed E-state index contributed by atoms with van der Waals surface area (Å²) in [6.07, 6.45) is 3.89. The zero-order valence-corrected chi connectivity index (χ0v) is 10.8. The summed E-state index contributed by atoms with van der Waals surface area (Å²) >= 11 is 0. The summed E-state index contributed by atoms with van der Waals surface area (Å²) < 4.78 is 10.5. The second-order valence-electron chi connectivity index (χ2n) is 4.57. The molecule has 1 aliphatic rings. The first kappa shape index (κ1) is 12.1. The van der Waals surface area contributed by atoms with Crippen LogP contribution in [0.15, 0.2) is 18.2 Å². The van der Waals surface area contributed by atoms with Gasteiger partial charge in [-0.15, -0.1) is 0 Å². The van der Waals surface area contributed by atoms with Gasteiger partial charge in [-0.05, 0) is 37.3 Å². The van der Waals surface area contributed by atoms with E-state index in [1.807, 2.05) is 18.2 Å². The standard InChI is InChI=1S/C14H21NO2/c1-4-12(10-5-6-10)15-11-7-8-13(16-2)14(9-11)17-3/h7-10,12,15H,4-6H2,1-3H3. The smallest absolute Gasteiger partial charge is 0.162 e. The van der Waals surface area contributed by atoms with Crippen molar-refractivity contribution >= 4 is 5.69 Å². The Morgan fingerprint density at radius 1 is 1.24 bits per heavy atom. The Balaban J connectivity index is 2.09. The predicted octanol–water partition coefficient (Wildman–Crippen LogP) is 3.30. The van der Waals surface area contributed by atoms with Gasteiger partial charge < -0.3 is 14.8 Å². The normalized spacial score (nSPS) is 16.4. The molecule has 1 aliphatic carbocycles. The molecule has 1 aromatic rings. The van der Waals surface area contributed by atoms with E-state index in [9.17, 15) is 0 Å². The van der Waals surface area contributed by atoms with Crippen LogP contribution < -0.4 is 14.8 Å². The van der Waals surface area contributed by atoms with Crippen molar-refractivity contribution in [1.82, 2.24) is 0 Å². The molecule has 0 bridgehead atoms. The lowest BCUT2D eigenvalue weighted by Crippen LogP contribution is -2.20. The van der Waals surface area contributed by atoms with Gasteiger partial charge in [-0.2, -0.15) is 0 Å². The molecule has 3 nitrogen and oxygen atoms in total. The number of ether oxygens (including phenoxy) is 2. The molecule has 0 heterocycles. The third kappa shape index (κ3) is 2.84. The highest BCUT2D eigenvalue weighted by Crippen LogP contribution is 2.37. The van der Waals surface area contributed by atoms with E-state index in [2.05, 4.69) is 12.2 Å². The third-order valence-corrected chi connectivity index (χ3v) is 3.37. The fourth-order valence-corrected chi connectivity index (χ4v) is 2.19. The minimum atomic E-state index is 0.591. The molecule has 3 heteroatoms. The average molecular weight is 235 g/mol. The van der Waals surface area contributed by atoms with Crippen LogP contribution in [0.4, 0.5) is 5.69 Å². The molecule has 0 radical (unpaired) electrons. The van der Waals surface area contributed by atoms with Gasteiger partial charge in [0.1, 0.15) is 0 Å². The number of hydrogen-bond donors (Lipinski definition) is 1. The van der Waals surface area contributed by atoms with Crippen LogP contribution >= 0.6 is 0 Å². The van der Waals surface area contributed by atoms with Crippen LogP contribution in [0, 0.1) is 5.92 Å². The van der Waals surface area contributed by atoms with Gasteiger partial charge in [0.2, 0.25) is 0 Å². The summed E-state index contributed by atoms with van der Waals surface area (Å²) in [4.78, 5) is 0. The molecule has 0 aromatic heterocycles. The van der Waals surface area contributed by atoms with E-state index in [0.717, 1.165) is 23.1 Å². The Bertz CT molecular complexity index is 374. The number of anilines is 1. The molecule has 0 amide bonds. The Hall–Kier alpha value is -1.38. The minimum Gasteiger partial charge on any atom is -0.493 e. The third-order valence-electron chi connectivity index (χ3n) is 3.37. The van der Waals surface area contributed by atoms with Gasteiger partial charge in [0.25, 0.3) is 0 Å². The van der Waals surface area contributed by atoms with E-state index in [-0.39, 0.29) is 0 Å². The van der Waals surface area contributed by atoms with E-state index < -0.39 is 0 Å². The summed E-state index contributed by atoms with van der Waals surface area (Å²) in [6, 6.07) is 6.59. The van der Waals surface area contributed by atoms with Crippen LogP contribution in [0.25, 0.3) is 0 Å². The molecule has 1 N–H and O–H groups in total. The van der Waals surface area contributed by atoms with E-state index >= 15 is 0 Å². The molecular formula is C14H21NO2. The SMILES string of the molecule is CCC(Nc1ccc(OC)c(OC)c1)C1CC1. The molecule has 17 heavy (non-hydrogen) atoms. The van der Waals surface area contributed by atoms with Crippen LogP contribution in [0.2, 0.25) is 0 Å². The monoisotopic (exact) mass is 235 g/mol. The summed E-state index contributed by atoms with van der Waals surface area (Å²) in [5, 5.41) is 3.58. The first-order valence-electron chi connectivity index (χ1n) is 6.27. The van der Waals surface area contributed by atoms with Crippen LogP contribution in [0.1, 0.15) is 26.2 Å². The van der Waals surface area contributed by atoms with E-state index in [1.165, 1.54) is 19.3 Å². The second-order valence-corrected chi connectivity index (χ2v) is 4.57. The lowest BCUT2D eigenvalue weighted by molar-refractivity contribution is 0.355. The van der Waals surface area contributed by atoms with Crippen LogP contribution in [0.5, 0.6) is 11.5 Å². The Morgan fingerprint density at radius 2 is 1.94 bits per heavy atom. The van der Waals surface area contributed by atoms with Gasteiger partial charge >= 0.3 is 0 Å². The van der Waals surface area contributed by atoms with Crippen molar-refractivity contribution < 1.29 is 9.47 Å². The first-order valence-corrected chi connectivity index (χ1v) is 6.27. The number of rotatable bonds is 6. The van der Waals surface area contributed by atoms with Gasteiger partial charge in [-0.25, -0.2) is 0 Å². The number of methoxy groups -OCH3 is 2. The maximum atomic E-state index is 5.30. The van der Waals surface area contributed by atoms with Gasteiger partial charge in [0.05, 0.1) is 14.2 Å². The number of nitrogens with one attached hydrogen (secondary N) is 1. The van der Waals surface area contributed by atoms with Crippen molar-refractivity contribution in [1.29, 1.82) is 0 Å². The Morgan fingerprint density at radius 3 is 2.47 bits per heavy atom. The molecule has 1 unspecified atom stereocenters. The number of benzene rings is 1. The second kappa shape index (κ2) is 5.30. The van der Waals surface area contributed by atoms with Crippen LogP contribution in [-0.4, -0.2) is 20.3 Å². The van der Waals surface area contributed by atoms with E-state index in [4.69, 9.17) is 9.47 Å². The molecule has 1 saturated carbocycles. The molecular weight excluding hydrogens is 214 g/mol. The molecule has 2 rings (SSSR count). The van der Waals surface area contributed by atoms with E-state index in [1.54, 1.807) is 14.2 Å². The van der Waals surface area contributed by atoms with Gasteiger partial charge in [0, 0.05) is 17.8 Å². The lowest BCUT2D eigenvalue weighted by Gasteiger charge is -2.18. The maximum absolute atomic E-state index is 5.30. The van der Waals surface area contributed by atoms with E-state index in [0.29, 0.717) is 6.04 Å². The zero-order valence-electron chi connectivity index (χ0n) is 10.8. The molecule has 1 fully saturated rings. The van der Waals surface area contributed by atoms with Gasteiger partial charge in [-0.3, -0.25) is 0 Å². The largest absolute Gasteiger partial charge is 0.493 e. The fourth-order valence-electron chi connectivity index (χ4n) is 2.19. The van der Waals surface area contributed by atoms with Crippen molar-refractivity contribution in [3.8, 4) is 11.5 Å². The van der Waals surface area contributed by atoms with Gasteiger partial charge in [-0.1, -0.05) is 6.92 Å². The summed E-state index contributed by atoms with van der Waals surface area (Å²) in [5.74, 6) is 2.41. The van der Waals surface area contributed by atoms with Gasteiger partial charge in [0.15, 0.2) is 11.5 Å². The van der Waals surface area contributed by atoms with Crippen molar-refractivity contribution in [2.45, 2.75) is 32.2 Å². The highest BCUT2D eigenvalue weighted by atomic mass is 16.5. The predicted molar refractivity (Wildman–Crippen MR) is 70.0 cm³/mol. The zero-order chi connectivity index (χ0) is 12.3. The van der Waals surface area contributed by atoms with Crippen molar-refractivity contribution in [2.75, 3.05) is 19.5 Å². The van der Waals surface area contributed by atoms with Crippen LogP contribution in [-0.2, 0) is 0 Å². The van der Waals surface area contributed by atoms with Crippen LogP contribution in [0.3, 0.4) is 0 Å². The molecule has 0 aliphatic heterocycles. The van der Waals surface area contributed by atoms with Crippen molar-refractivity contribution in [2.24, 2.45) is 5.92 Å². The summed E-state index contributed by atoms with van der Waals surface area (Å²) in [6.45, 7) is 2.23. The summed E-state index contributed by atoms with van der Waals surface area (Å²) in [5.41, 5.74) is 1.11. The minimum absolute atomic E-state index is 0.591. The Labute approximate surface area is 103 Å². The highest BCUT2D eigenvalue weighted by Gasteiger charge is 2.29. The molecule has 94 valence electrons.